The summed E-state index contributed by atoms with van der Waals surface area (Å²) in [5, 5.41) is 6.17. The number of aliphatic imine (C=N–C) groups is 1. The first-order valence-corrected chi connectivity index (χ1v) is 10.0. The summed E-state index contributed by atoms with van der Waals surface area (Å²) in [4.78, 5) is 18.2. The normalized spacial score (nSPS) is 15.1. The van der Waals surface area contributed by atoms with Crippen molar-refractivity contribution in [2.24, 2.45) is 10.9 Å². The monoisotopic (exact) mass is 502 g/mol. The summed E-state index contributed by atoms with van der Waals surface area (Å²) in [6, 6.07) is 10.3. The molecule has 0 radical (unpaired) electrons. The molecule has 1 aliphatic heterocycles. The third-order valence-electron chi connectivity index (χ3n) is 4.99. The van der Waals surface area contributed by atoms with E-state index >= 15 is 0 Å². The average molecular weight is 502 g/mol. The van der Waals surface area contributed by atoms with Gasteiger partial charge >= 0.3 is 0 Å². The van der Waals surface area contributed by atoms with E-state index in [1.165, 1.54) is 5.56 Å². The molecular weight excluding hydrogens is 467 g/mol. The maximum absolute atomic E-state index is 11.5. The number of amides is 1. The van der Waals surface area contributed by atoms with Gasteiger partial charge in [-0.2, -0.15) is 0 Å². The summed E-state index contributed by atoms with van der Waals surface area (Å²) in [6.07, 6.45) is 4.81. The number of nitrogens with one attached hydrogen (secondary N) is 2. The fourth-order valence-corrected chi connectivity index (χ4v) is 3.34. The van der Waals surface area contributed by atoms with Gasteiger partial charge < -0.3 is 20.3 Å². The van der Waals surface area contributed by atoms with Crippen LogP contribution in [0.2, 0.25) is 0 Å². The molecule has 1 saturated heterocycles. The molecule has 0 atom stereocenters. The lowest BCUT2D eigenvalue weighted by molar-refractivity contribution is -0.121. The first kappa shape index (κ1) is 24.7. The van der Waals surface area contributed by atoms with E-state index < -0.39 is 0 Å². The van der Waals surface area contributed by atoms with Gasteiger partial charge in [0.2, 0.25) is 5.91 Å². The van der Waals surface area contributed by atoms with E-state index in [1.807, 2.05) is 25.2 Å². The van der Waals surface area contributed by atoms with Crippen molar-refractivity contribution in [3.8, 4) is 0 Å². The fraction of sp³-hybridized carbons (Fsp3) is 0.619. The van der Waals surface area contributed by atoms with Crippen molar-refractivity contribution in [3.63, 3.8) is 0 Å². The lowest BCUT2D eigenvalue weighted by atomic mass is 9.93. The Morgan fingerprint density at radius 1 is 1.21 bits per heavy atom. The lowest BCUT2D eigenvalue weighted by Crippen LogP contribution is -2.46. The summed E-state index contributed by atoms with van der Waals surface area (Å²) < 4.78 is 5.72. The van der Waals surface area contributed by atoms with Gasteiger partial charge in [-0.25, -0.2) is 0 Å². The minimum Gasteiger partial charge on any atom is -0.377 e. The molecule has 1 aromatic carbocycles. The van der Waals surface area contributed by atoms with Gasteiger partial charge in [-0.05, 0) is 37.2 Å². The summed E-state index contributed by atoms with van der Waals surface area (Å²) in [6.45, 7) is 4.28. The highest BCUT2D eigenvalue weighted by Gasteiger charge is 2.22. The van der Waals surface area contributed by atoms with Crippen LogP contribution in [0.4, 0.5) is 0 Å². The molecule has 2 N–H and O–H groups in total. The van der Waals surface area contributed by atoms with Crippen molar-refractivity contribution in [2.45, 2.75) is 38.7 Å². The number of nitrogens with zero attached hydrogens (tertiary/aromatic N) is 2. The topological polar surface area (TPSA) is 66.0 Å². The first-order valence-electron chi connectivity index (χ1n) is 10.0. The summed E-state index contributed by atoms with van der Waals surface area (Å²) >= 11 is 0. The lowest BCUT2D eigenvalue weighted by Gasteiger charge is -2.34. The number of halogens is 1. The van der Waals surface area contributed by atoms with Crippen LogP contribution in [0.3, 0.4) is 0 Å². The molecule has 1 aromatic rings. The number of carbonyl (C=O) groups is 1. The van der Waals surface area contributed by atoms with E-state index in [-0.39, 0.29) is 29.9 Å². The molecule has 2 rings (SSSR count). The van der Waals surface area contributed by atoms with E-state index in [4.69, 9.17) is 4.74 Å². The van der Waals surface area contributed by atoms with E-state index in [0.717, 1.165) is 57.9 Å². The highest BCUT2D eigenvalue weighted by Crippen LogP contribution is 2.20. The highest BCUT2D eigenvalue weighted by molar-refractivity contribution is 14.0. The number of rotatable bonds is 9. The Labute approximate surface area is 186 Å². The van der Waals surface area contributed by atoms with Crippen LogP contribution in [-0.2, 0) is 16.1 Å². The van der Waals surface area contributed by atoms with Gasteiger partial charge in [0.1, 0.15) is 0 Å². The highest BCUT2D eigenvalue weighted by atomic mass is 127. The second-order valence-electron chi connectivity index (χ2n) is 7.03. The molecule has 1 amide bonds. The Morgan fingerprint density at radius 2 is 1.93 bits per heavy atom. The van der Waals surface area contributed by atoms with E-state index in [9.17, 15) is 4.79 Å². The molecule has 0 aromatic heterocycles. The van der Waals surface area contributed by atoms with Crippen molar-refractivity contribution >= 4 is 35.8 Å². The largest absolute Gasteiger partial charge is 0.377 e. The zero-order chi connectivity index (χ0) is 19.3. The van der Waals surface area contributed by atoms with Crippen LogP contribution >= 0.6 is 24.0 Å². The van der Waals surface area contributed by atoms with Gasteiger partial charge in [-0.3, -0.25) is 9.79 Å². The molecule has 1 aliphatic rings. The van der Waals surface area contributed by atoms with Gasteiger partial charge in [-0.15, -0.1) is 24.0 Å². The summed E-state index contributed by atoms with van der Waals surface area (Å²) in [7, 11) is 3.54. The third kappa shape index (κ3) is 9.23. The predicted molar refractivity (Wildman–Crippen MR) is 125 cm³/mol. The van der Waals surface area contributed by atoms with Crippen LogP contribution in [-0.4, -0.2) is 57.1 Å². The second-order valence-corrected chi connectivity index (χ2v) is 7.03. The molecule has 0 saturated carbocycles. The second kappa shape index (κ2) is 14.6. The zero-order valence-corrected chi connectivity index (χ0v) is 19.5. The van der Waals surface area contributed by atoms with Crippen LogP contribution in [0.5, 0.6) is 0 Å². The number of likely N-dealkylation sites (tertiary alicyclic amines) is 1. The molecule has 0 spiro atoms. The van der Waals surface area contributed by atoms with E-state index in [2.05, 4.69) is 32.7 Å². The Balaban J connectivity index is 0.00000392. The molecule has 6 nitrogen and oxygen atoms in total. The Kier molecular flexibility index (Phi) is 12.9. The summed E-state index contributed by atoms with van der Waals surface area (Å²) in [5.74, 6) is 1.60. The minimum absolute atomic E-state index is 0. The number of benzene rings is 1. The van der Waals surface area contributed by atoms with Gasteiger partial charge in [0.25, 0.3) is 0 Å². The standard InChI is InChI=1S/C21H34N4O2.HI/c1-22-20(26)16-18-10-13-25(14-11-18)21(23-2)24-12-6-7-15-27-17-19-8-4-3-5-9-19;/h3-5,8-9,18H,6-7,10-17H2,1-2H3,(H,22,26)(H,23,24);1H. The van der Waals surface area contributed by atoms with E-state index in [0.29, 0.717) is 18.9 Å². The van der Waals surface area contributed by atoms with Gasteiger partial charge in [0.15, 0.2) is 5.96 Å². The number of hydrogen-bond acceptors (Lipinski definition) is 3. The fourth-order valence-electron chi connectivity index (χ4n) is 3.34. The van der Waals surface area contributed by atoms with Crippen LogP contribution in [0.1, 0.15) is 37.7 Å². The Morgan fingerprint density at radius 3 is 2.57 bits per heavy atom. The van der Waals surface area contributed by atoms with E-state index in [1.54, 1.807) is 7.05 Å². The Hall–Kier alpha value is -1.35. The van der Waals surface area contributed by atoms with Gasteiger partial charge in [-0.1, -0.05) is 30.3 Å². The molecule has 7 heteroatoms. The maximum atomic E-state index is 11.5. The SMILES string of the molecule is CN=C(NCCCCOCc1ccccc1)N1CCC(CC(=O)NC)CC1.I. The number of unbranched alkanes of at least 4 members (excludes halogenated alkanes) is 1. The smallest absolute Gasteiger partial charge is 0.220 e. The third-order valence-corrected chi connectivity index (χ3v) is 4.99. The van der Waals surface area contributed by atoms with Crippen LogP contribution < -0.4 is 10.6 Å². The average Bonchev–Trinajstić information content (AvgIpc) is 2.71. The molecule has 1 heterocycles. The number of carbonyl (C=O) groups excluding carboxylic acids is 1. The predicted octanol–water partition coefficient (Wildman–Crippen LogP) is 3.02. The van der Waals surface area contributed by atoms with Gasteiger partial charge in [0, 0.05) is 46.8 Å². The van der Waals surface area contributed by atoms with Crippen LogP contribution in [0, 0.1) is 5.92 Å². The molecule has 28 heavy (non-hydrogen) atoms. The van der Waals surface area contributed by atoms with Crippen molar-refractivity contribution in [1.82, 2.24) is 15.5 Å². The van der Waals surface area contributed by atoms with Crippen LogP contribution in [0.15, 0.2) is 35.3 Å². The molecule has 0 aliphatic carbocycles. The molecule has 0 bridgehead atoms. The zero-order valence-electron chi connectivity index (χ0n) is 17.2. The summed E-state index contributed by atoms with van der Waals surface area (Å²) in [5.41, 5.74) is 1.22. The minimum atomic E-state index is 0. The molecule has 158 valence electrons. The quantitative estimate of drug-likeness (QED) is 0.236. The maximum Gasteiger partial charge on any atom is 0.220 e. The number of guanidine groups is 1. The van der Waals surface area contributed by atoms with Crippen molar-refractivity contribution in [2.75, 3.05) is 40.3 Å². The van der Waals surface area contributed by atoms with Crippen molar-refractivity contribution < 1.29 is 9.53 Å². The van der Waals surface area contributed by atoms with Crippen molar-refractivity contribution in [3.05, 3.63) is 35.9 Å². The molecule has 0 unspecified atom stereocenters. The Bertz CT molecular complexity index is 575. The van der Waals surface area contributed by atoms with Crippen molar-refractivity contribution in [1.29, 1.82) is 0 Å². The number of piperidine rings is 1. The number of ether oxygens (including phenoxy) is 1. The van der Waals surface area contributed by atoms with Crippen LogP contribution in [0.25, 0.3) is 0 Å². The number of hydrogen-bond donors (Lipinski definition) is 2. The van der Waals surface area contributed by atoms with Gasteiger partial charge in [0.05, 0.1) is 6.61 Å². The molecule has 1 fully saturated rings. The molecular formula is C21H35IN4O2. The first-order chi connectivity index (χ1) is 13.2.